The van der Waals surface area contributed by atoms with E-state index in [1.807, 2.05) is 35.2 Å². The molecule has 2 amide bonds. The molecule has 0 aromatic heterocycles. The zero-order valence-corrected chi connectivity index (χ0v) is 13.8. The number of rotatable bonds is 4. The minimum atomic E-state index is -0.493. The smallest absolute Gasteiger partial charge is 0.239 e. The van der Waals surface area contributed by atoms with Crippen molar-refractivity contribution in [3.8, 4) is 0 Å². The van der Waals surface area contributed by atoms with Crippen LogP contribution < -0.4 is 4.90 Å². The Morgan fingerprint density at radius 2 is 1.78 bits per heavy atom. The molecule has 0 bridgehead atoms. The summed E-state index contributed by atoms with van der Waals surface area (Å²) in [4.78, 5) is 31.3. The third-order valence-electron chi connectivity index (χ3n) is 4.80. The van der Waals surface area contributed by atoms with Crippen molar-refractivity contribution >= 4 is 17.5 Å². The van der Waals surface area contributed by atoms with Crippen LogP contribution in [0.25, 0.3) is 0 Å². The number of carbonyl (C=O) groups excluding carboxylic acids is 2. The number of para-hydroxylation sites is 1. The van der Waals surface area contributed by atoms with Gasteiger partial charge in [0.05, 0.1) is 0 Å². The van der Waals surface area contributed by atoms with Crippen LogP contribution in [-0.2, 0) is 9.59 Å². The molecule has 2 aliphatic rings. The fraction of sp³-hybridized carbons (Fsp3) is 0.556. The van der Waals surface area contributed by atoms with Crippen LogP contribution >= 0.6 is 0 Å². The normalized spacial score (nSPS) is 22.7. The van der Waals surface area contributed by atoms with Gasteiger partial charge in [-0.2, -0.15) is 0 Å². The molecule has 2 saturated heterocycles. The molecule has 0 radical (unpaired) electrons. The van der Waals surface area contributed by atoms with Gasteiger partial charge in [0.25, 0.3) is 0 Å². The van der Waals surface area contributed by atoms with Gasteiger partial charge in [0.1, 0.15) is 5.92 Å². The van der Waals surface area contributed by atoms with Crippen LogP contribution in [0.5, 0.6) is 0 Å². The number of hydrogen-bond donors (Lipinski definition) is 0. The van der Waals surface area contributed by atoms with Crippen LogP contribution in [0.15, 0.2) is 30.3 Å². The molecule has 5 nitrogen and oxygen atoms in total. The van der Waals surface area contributed by atoms with Crippen LogP contribution in [0.2, 0.25) is 0 Å². The fourth-order valence-corrected chi connectivity index (χ4v) is 3.50. The molecule has 2 aliphatic heterocycles. The minimum absolute atomic E-state index is 0.0181. The summed E-state index contributed by atoms with van der Waals surface area (Å²) in [5, 5.41) is 0. The minimum Gasteiger partial charge on any atom is -0.339 e. The Labute approximate surface area is 137 Å². The monoisotopic (exact) mass is 315 g/mol. The highest BCUT2D eigenvalue weighted by Crippen LogP contribution is 2.26. The van der Waals surface area contributed by atoms with Crippen LogP contribution in [0, 0.1) is 5.92 Å². The standard InChI is InChI=1S/C18H25N3O2/c1-2-9-19-11-13-20(14-12-19)17(22)16-8-10-21(18(16)23)15-6-4-3-5-7-15/h3-7,16H,2,8-14H2,1H3/t16-/m1/s1. The van der Waals surface area contributed by atoms with E-state index < -0.39 is 5.92 Å². The van der Waals surface area contributed by atoms with Crippen molar-refractivity contribution in [3.63, 3.8) is 0 Å². The van der Waals surface area contributed by atoms with E-state index in [1.54, 1.807) is 4.90 Å². The predicted octanol–water partition coefficient (Wildman–Crippen LogP) is 1.59. The Morgan fingerprint density at radius 3 is 2.43 bits per heavy atom. The second-order valence-corrected chi connectivity index (χ2v) is 6.33. The first-order chi connectivity index (χ1) is 11.2. The SMILES string of the molecule is CCCN1CCN(C(=O)[C@H]2CCN(c3ccccc3)C2=O)CC1. The van der Waals surface area contributed by atoms with E-state index in [0.29, 0.717) is 13.0 Å². The van der Waals surface area contributed by atoms with Crippen molar-refractivity contribution in [1.29, 1.82) is 0 Å². The van der Waals surface area contributed by atoms with Crippen molar-refractivity contribution in [1.82, 2.24) is 9.80 Å². The highest BCUT2D eigenvalue weighted by Gasteiger charge is 2.40. The Morgan fingerprint density at radius 1 is 1.09 bits per heavy atom. The topological polar surface area (TPSA) is 43.9 Å². The van der Waals surface area contributed by atoms with E-state index in [-0.39, 0.29) is 11.8 Å². The van der Waals surface area contributed by atoms with Gasteiger partial charge in [-0.1, -0.05) is 25.1 Å². The molecule has 1 atom stereocenters. The van der Waals surface area contributed by atoms with Crippen LogP contribution in [0.1, 0.15) is 19.8 Å². The van der Waals surface area contributed by atoms with Crippen LogP contribution in [0.4, 0.5) is 5.69 Å². The first kappa shape index (κ1) is 16.0. The molecular weight excluding hydrogens is 290 g/mol. The van der Waals surface area contributed by atoms with Gasteiger partial charge < -0.3 is 9.80 Å². The molecule has 1 aromatic carbocycles. The molecule has 3 rings (SSSR count). The Balaban J connectivity index is 1.60. The van der Waals surface area contributed by atoms with E-state index in [0.717, 1.165) is 44.8 Å². The molecular formula is C18H25N3O2. The Hall–Kier alpha value is -1.88. The molecule has 5 heteroatoms. The molecule has 124 valence electrons. The average molecular weight is 315 g/mol. The molecule has 0 unspecified atom stereocenters. The first-order valence-electron chi connectivity index (χ1n) is 8.58. The number of piperazine rings is 1. The fourth-order valence-electron chi connectivity index (χ4n) is 3.50. The molecule has 0 aliphatic carbocycles. The number of benzene rings is 1. The number of hydrogen-bond acceptors (Lipinski definition) is 3. The number of anilines is 1. The van der Waals surface area contributed by atoms with Crippen molar-refractivity contribution in [2.24, 2.45) is 5.92 Å². The number of carbonyl (C=O) groups is 2. The van der Waals surface area contributed by atoms with Gasteiger partial charge in [0, 0.05) is 38.4 Å². The highest BCUT2D eigenvalue weighted by molar-refractivity contribution is 6.09. The molecule has 2 heterocycles. The van der Waals surface area contributed by atoms with Gasteiger partial charge in [-0.25, -0.2) is 0 Å². The molecule has 2 fully saturated rings. The summed E-state index contributed by atoms with van der Waals surface area (Å²) in [7, 11) is 0. The summed E-state index contributed by atoms with van der Waals surface area (Å²) < 4.78 is 0. The van der Waals surface area contributed by atoms with Gasteiger partial charge in [-0.3, -0.25) is 14.5 Å². The molecule has 0 saturated carbocycles. The quantitative estimate of drug-likeness (QED) is 0.793. The van der Waals surface area contributed by atoms with Crippen molar-refractivity contribution in [2.75, 3.05) is 44.2 Å². The maximum absolute atomic E-state index is 12.7. The Bertz CT molecular complexity index is 553. The second-order valence-electron chi connectivity index (χ2n) is 6.33. The Kier molecular flexibility index (Phi) is 4.96. The molecule has 0 N–H and O–H groups in total. The summed E-state index contributed by atoms with van der Waals surface area (Å²) in [6.45, 7) is 7.22. The van der Waals surface area contributed by atoms with E-state index in [9.17, 15) is 9.59 Å². The van der Waals surface area contributed by atoms with Crippen molar-refractivity contribution in [2.45, 2.75) is 19.8 Å². The lowest BCUT2D eigenvalue weighted by atomic mass is 10.1. The summed E-state index contributed by atoms with van der Waals surface area (Å²) in [6.07, 6.45) is 1.77. The average Bonchev–Trinajstić information content (AvgIpc) is 2.97. The third kappa shape index (κ3) is 3.39. The van der Waals surface area contributed by atoms with Gasteiger partial charge >= 0.3 is 0 Å². The molecule has 1 aromatic rings. The molecule has 0 spiro atoms. The molecule has 23 heavy (non-hydrogen) atoms. The van der Waals surface area contributed by atoms with Crippen LogP contribution in [-0.4, -0.2) is 60.9 Å². The zero-order chi connectivity index (χ0) is 16.2. The van der Waals surface area contributed by atoms with Gasteiger partial charge in [-0.05, 0) is 31.5 Å². The first-order valence-corrected chi connectivity index (χ1v) is 8.58. The maximum Gasteiger partial charge on any atom is 0.239 e. The lowest BCUT2D eigenvalue weighted by molar-refractivity contribution is -0.141. The van der Waals surface area contributed by atoms with Crippen molar-refractivity contribution in [3.05, 3.63) is 30.3 Å². The highest BCUT2D eigenvalue weighted by atomic mass is 16.2. The maximum atomic E-state index is 12.7. The third-order valence-corrected chi connectivity index (χ3v) is 4.80. The van der Waals surface area contributed by atoms with E-state index >= 15 is 0 Å². The largest absolute Gasteiger partial charge is 0.339 e. The van der Waals surface area contributed by atoms with Gasteiger partial charge in [0.2, 0.25) is 11.8 Å². The lowest BCUT2D eigenvalue weighted by Gasteiger charge is -2.35. The van der Waals surface area contributed by atoms with Gasteiger partial charge in [0.15, 0.2) is 0 Å². The second kappa shape index (κ2) is 7.13. The van der Waals surface area contributed by atoms with E-state index in [4.69, 9.17) is 0 Å². The number of amides is 2. The van der Waals surface area contributed by atoms with Gasteiger partial charge in [-0.15, -0.1) is 0 Å². The lowest BCUT2D eigenvalue weighted by Crippen LogP contribution is -2.51. The summed E-state index contributed by atoms with van der Waals surface area (Å²) in [5.74, 6) is -0.519. The summed E-state index contributed by atoms with van der Waals surface area (Å²) in [5.41, 5.74) is 0.889. The summed E-state index contributed by atoms with van der Waals surface area (Å²) in [6, 6.07) is 9.63. The van der Waals surface area contributed by atoms with E-state index in [2.05, 4.69) is 11.8 Å². The predicted molar refractivity (Wildman–Crippen MR) is 90.2 cm³/mol. The zero-order valence-electron chi connectivity index (χ0n) is 13.8. The van der Waals surface area contributed by atoms with Crippen molar-refractivity contribution < 1.29 is 9.59 Å². The number of nitrogens with zero attached hydrogens (tertiary/aromatic N) is 3. The summed E-state index contributed by atoms with van der Waals surface area (Å²) >= 11 is 0. The van der Waals surface area contributed by atoms with Crippen LogP contribution in [0.3, 0.4) is 0 Å². The van der Waals surface area contributed by atoms with E-state index in [1.165, 1.54) is 0 Å².